The van der Waals surface area contributed by atoms with Crippen LogP contribution in [0.2, 0.25) is 0 Å². The molecule has 0 amide bonds. The summed E-state index contributed by atoms with van der Waals surface area (Å²) in [6, 6.07) is 0. The molecular formula is C4H8NO2. The van der Waals surface area contributed by atoms with E-state index in [1.54, 1.807) is 0 Å². The normalized spacial score (nSPS) is 10.0. The van der Waals surface area contributed by atoms with E-state index in [0.29, 0.717) is 6.42 Å². The van der Waals surface area contributed by atoms with Crippen LogP contribution in [0.25, 0.3) is 0 Å². The fourth-order valence-corrected chi connectivity index (χ4v) is 0.180. The van der Waals surface area contributed by atoms with Crippen LogP contribution >= 0.6 is 0 Å². The van der Waals surface area contributed by atoms with Crippen molar-refractivity contribution in [3.05, 3.63) is 0 Å². The molecule has 0 atom stereocenters. The minimum Gasteiger partial charge on any atom is -0.399 e. The largest absolute Gasteiger partial charge is 0.399 e. The van der Waals surface area contributed by atoms with E-state index in [-0.39, 0.29) is 6.61 Å². The highest BCUT2D eigenvalue weighted by molar-refractivity contribution is 5.56. The molecule has 0 aliphatic rings. The van der Waals surface area contributed by atoms with E-state index in [1.165, 1.54) is 13.3 Å². The first kappa shape index (κ1) is 6.43. The van der Waals surface area contributed by atoms with E-state index in [9.17, 15) is 5.11 Å². The highest BCUT2D eigenvalue weighted by atomic mass is 16.6. The number of hydrogen-bond donors (Lipinski definition) is 0. The predicted octanol–water partition coefficient (Wildman–Crippen LogP) is 0.439. The average molecular weight is 102 g/mol. The van der Waals surface area contributed by atoms with Crippen LogP contribution in [0, 0.1) is 0 Å². The maximum absolute atomic E-state index is 9.66. The van der Waals surface area contributed by atoms with E-state index < -0.39 is 0 Å². The molecule has 0 aromatic rings. The second-order valence-electron chi connectivity index (χ2n) is 0.963. The molecule has 0 saturated carbocycles. The van der Waals surface area contributed by atoms with Gasteiger partial charge in [-0.3, -0.25) is 0 Å². The van der Waals surface area contributed by atoms with Crippen molar-refractivity contribution in [2.24, 2.45) is 5.16 Å². The van der Waals surface area contributed by atoms with Gasteiger partial charge in [0, 0.05) is 12.6 Å². The lowest BCUT2D eigenvalue weighted by molar-refractivity contribution is 0.196. The lowest BCUT2D eigenvalue weighted by atomic mass is 10.5. The Morgan fingerprint density at radius 1 is 1.86 bits per heavy atom. The molecule has 0 unspecified atom stereocenters. The first-order valence-electron chi connectivity index (χ1n) is 2.05. The van der Waals surface area contributed by atoms with Crippen LogP contribution in [-0.2, 0) is 9.94 Å². The molecule has 0 spiro atoms. The number of hydrogen-bond acceptors (Lipinski definition) is 2. The summed E-state index contributed by atoms with van der Waals surface area (Å²) in [5.41, 5.74) is 0. The van der Waals surface area contributed by atoms with Crippen LogP contribution in [0.15, 0.2) is 5.16 Å². The van der Waals surface area contributed by atoms with Gasteiger partial charge in [-0.1, -0.05) is 5.16 Å². The second-order valence-corrected chi connectivity index (χ2v) is 0.963. The zero-order chi connectivity index (χ0) is 5.54. The summed E-state index contributed by atoms with van der Waals surface area (Å²) in [7, 11) is 1.45. The lowest BCUT2D eigenvalue weighted by Gasteiger charge is -1.80. The monoisotopic (exact) mass is 102 g/mol. The van der Waals surface area contributed by atoms with E-state index >= 15 is 0 Å². The van der Waals surface area contributed by atoms with Crippen LogP contribution in [0.5, 0.6) is 0 Å². The topological polar surface area (TPSA) is 41.5 Å². The Balaban J connectivity index is 2.78. The van der Waals surface area contributed by atoms with Crippen molar-refractivity contribution in [1.29, 1.82) is 0 Å². The summed E-state index contributed by atoms with van der Waals surface area (Å²) in [4.78, 5) is 4.27. The summed E-state index contributed by atoms with van der Waals surface area (Å²) in [5.74, 6) is 0. The van der Waals surface area contributed by atoms with Gasteiger partial charge < -0.3 is 4.84 Å². The molecule has 41 valence electrons. The molecular weight excluding hydrogens is 94.0 g/mol. The lowest BCUT2D eigenvalue weighted by Crippen LogP contribution is -1.80. The van der Waals surface area contributed by atoms with Gasteiger partial charge in [-0.25, -0.2) is 5.11 Å². The van der Waals surface area contributed by atoms with Gasteiger partial charge in [-0.15, -0.1) is 0 Å². The summed E-state index contributed by atoms with van der Waals surface area (Å²) < 4.78 is 0. The van der Waals surface area contributed by atoms with Gasteiger partial charge in [0.2, 0.25) is 0 Å². The molecule has 1 radical (unpaired) electrons. The van der Waals surface area contributed by atoms with E-state index in [2.05, 4.69) is 9.99 Å². The molecule has 0 aromatic heterocycles. The number of oxime groups is 1. The molecule has 0 aliphatic carbocycles. The van der Waals surface area contributed by atoms with Crippen LogP contribution in [-0.4, -0.2) is 19.9 Å². The van der Waals surface area contributed by atoms with E-state index in [1.807, 2.05) is 0 Å². The molecule has 0 heterocycles. The Bertz CT molecular complexity index is 53.7. The first-order chi connectivity index (χ1) is 3.41. The third-order valence-electron chi connectivity index (χ3n) is 0.427. The average Bonchev–Trinajstić information content (AvgIpc) is 1.69. The molecule has 0 fully saturated rings. The fraction of sp³-hybridized carbons (Fsp3) is 0.750. The third-order valence-corrected chi connectivity index (χ3v) is 0.427. The fourth-order valence-electron chi connectivity index (χ4n) is 0.180. The smallest absolute Gasteiger partial charge is 0.106 e. The molecule has 0 bridgehead atoms. The maximum Gasteiger partial charge on any atom is 0.106 e. The molecule has 7 heavy (non-hydrogen) atoms. The van der Waals surface area contributed by atoms with Crippen molar-refractivity contribution in [3.63, 3.8) is 0 Å². The Hall–Kier alpha value is -0.570. The zero-order valence-electron chi connectivity index (χ0n) is 4.26. The molecule has 0 rings (SSSR count). The first-order valence-corrected chi connectivity index (χ1v) is 2.05. The van der Waals surface area contributed by atoms with Gasteiger partial charge in [-0.05, 0) is 0 Å². The minimum atomic E-state index is -0.118. The SMILES string of the molecule is CON=CCC[O]. The van der Waals surface area contributed by atoms with Crippen LogP contribution < -0.4 is 0 Å². The highest BCUT2D eigenvalue weighted by Gasteiger charge is 1.72. The van der Waals surface area contributed by atoms with E-state index in [4.69, 9.17) is 0 Å². The third kappa shape index (κ3) is 5.43. The maximum atomic E-state index is 9.66. The van der Waals surface area contributed by atoms with Crippen LogP contribution in [0.4, 0.5) is 0 Å². The van der Waals surface area contributed by atoms with Crippen LogP contribution in [0.3, 0.4) is 0 Å². The summed E-state index contributed by atoms with van der Waals surface area (Å²) in [6.07, 6.45) is 1.90. The van der Waals surface area contributed by atoms with Crippen molar-refractivity contribution < 1.29 is 9.94 Å². The predicted molar refractivity (Wildman–Crippen MR) is 25.7 cm³/mol. The van der Waals surface area contributed by atoms with Gasteiger partial charge >= 0.3 is 0 Å². The Labute approximate surface area is 42.6 Å². The van der Waals surface area contributed by atoms with Crippen molar-refractivity contribution in [2.45, 2.75) is 6.42 Å². The zero-order valence-corrected chi connectivity index (χ0v) is 4.26. The van der Waals surface area contributed by atoms with Crippen molar-refractivity contribution in [2.75, 3.05) is 13.7 Å². The molecule has 0 aromatic carbocycles. The molecule has 3 heteroatoms. The second kappa shape index (κ2) is 5.43. The summed E-state index contributed by atoms with van der Waals surface area (Å²) in [6.45, 7) is -0.118. The van der Waals surface area contributed by atoms with Gasteiger partial charge in [-0.2, -0.15) is 0 Å². The van der Waals surface area contributed by atoms with Crippen molar-refractivity contribution >= 4 is 6.21 Å². The number of rotatable bonds is 3. The molecule has 0 N–H and O–H groups in total. The highest BCUT2D eigenvalue weighted by Crippen LogP contribution is 1.69. The Morgan fingerprint density at radius 3 is 3.00 bits per heavy atom. The van der Waals surface area contributed by atoms with Gasteiger partial charge in [0.05, 0.1) is 6.61 Å². The summed E-state index contributed by atoms with van der Waals surface area (Å²) in [5, 5.41) is 13.0. The summed E-state index contributed by atoms with van der Waals surface area (Å²) >= 11 is 0. The number of nitrogens with zero attached hydrogens (tertiary/aromatic N) is 1. The van der Waals surface area contributed by atoms with Gasteiger partial charge in [0.1, 0.15) is 7.11 Å². The van der Waals surface area contributed by atoms with Crippen molar-refractivity contribution in [1.82, 2.24) is 0 Å². The Kier molecular flexibility index (Phi) is 4.99. The van der Waals surface area contributed by atoms with Gasteiger partial charge in [0.15, 0.2) is 0 Å². The molecule has 3 nitrogen and oxygen atoms in total. The van der Waals surface area contributed by atoms with Gasteiger partial charge in [0.25, 0.3) is 0 Å². The Morgan fingerprint density at radius 2 is 2.57 bits per heavy atom. The van der Waals surface area contributed by atoms with Crippen molar-refractivity contribution in [3.8, 4) is 0 Å². The quantitative estimate of drug-likeness (QED) is 0.376. The minimum absolute atomic E-state index is 0.118. The van der Waals surface area contributed by atoms with E-state index in [0.717, 1.165) is 0 Å². The molecule has 0 saturated heterocycles. The standard InChI is InChI=1S/C4H8NO2/c1-7-5-3-2-4-6/h3H,2,4H2,1H3. The van der Waals surface area contributed by atoms with Crippen LogP contribution in [0.1, 0.15) is 6.42 Å². The molecule has 0 aliphatic heterocycles.